The molecule has 400 valence electrons. The zero-order valence-electron chi connectivity index (χ0n) is 60.7. The minimum Gasteiger partial charge on any atom is -0.497 e. The van der Waals surface area contributed by atoms with Crippen LogP contribution in [0.25, 0.3) is 10.9 Å². The van der Waals surface area contributed by atoms with Gasteiger partial charge in [0, 0.05) is 497 Å². The van der Waals surface area contributed by atoms with Crippen LogP contribution in [0.1, 0.15) is 45.6 Å². The van der Waals surface area contributed by atoms with Gasteiger partial charge in [-0.2, -0.15) is 0 Å². The normalized spacial score (nSPS) is 12.9. The number of nitrogens with zero attached hydrogens (tertiary/aromatic N) is 1. The highest BCUT2D eigenvalue weighted by molar-refractivity contribution is 8.39. The number of aromatic amines is 1. The van der Waals surface area contributed by atoms with Crippen LogP contribution in [0.4, 0.5) is 4.39 Å². The number of methoxy groups -OCH3 is 2. The van der Waals surface area contributed by atoms with Gasteiger partial charge < -0.3 is 19.2 Å². The van der Waals surface area contributed by atoms with Gasteiger partial charge in [0.1, 0.15) is 18.2 Å². The third-order valence-corrected chi connectivity index (χ3v) is 22.2. The Balaban J connectivity index is 0.000000368. The van der Waals surface area contributed by atoms with Gasteiger partial charge in [0.15, 0.2) is 11.5 Å². The molecule has 0 bridgehead atoms. The van der Waals surface area contributed by atoms with Crippen LogP contribution in [-0.2, 0) is 19.4 Å². The Bertz CT molecular complexity index is 3280. The van der Waals surface area contributed by atoms with Crippen LogP contribution >= 0.6 is 0 Å². The van der Waals surface area contributed by atoms with Crippen molar-refractivity contribution < 1.29 is 18.6 Å². The van der Waals surface area contributed by atoms with E-state index in [1.54, 1.807) is 26.4 Å². The number of ether oxygens (including phenoxy) is 3. The third-order valence-electron chi connectivity index (χ3n) is 22.2. The molecule has 0 amide bonds. The fourth-order valence-corrected chi connectivity index (χ4v) is 18.0. The molecule has 0 fully saturated rings. The maximum Gasteiger partial charge on any atom is 0.161 e. The van der Waals surface area contributed by atoms with E-state index in [9.17, 15) is 4.39 Å². The predicted octanol–water partition coefficient (Wildman–Crippen LogP) is -18.0. The second-order valence-electron chi connectivity index (χ2n) is 29.0. The van der Waals surface area contributed by atoms with Crippen molar-refractivity contribution in [2.24, 2.45) is 0 Å². The van der Waals surface area contributed by atoms with Gasteiger partial charge in [-0.3, -0.25) is 4.90 Å². The lowest BCUT2D eigenvalue weighted by atomic mass is 8.22. The maximum absolute atomic E-state index is 13.9. The molecule has 2 unspecified atom stereocenters. The molecule has 0 saturated heterocycles. The molecule has 3 heterocycles. The van der Waals surface area contributed by atoms with Crippen molar-refractivity contribution in [3.8, 4) is 17.2 Å². The minimum atomic E-state index is -1.64. The zero-order valence-corrected chi connectivity index (χ0v) is 60.7. The number of para-hydroxylation sites is 1. The molecule has 0 saturated carbocycles. The summed E-state index contributed by atoms with van der Waals surface area (Å²) in [5.41, 5.74) is 8.38. The molecule has 1 N–H and O–H groups in total. The van der Waals surface area contributed by atoms with Crippen LogP contribution in [0, 0.1) is 5.82 Å². The van der Waals surface area contributed by atoms with E-state index in [1.807, 2.05) is 36.4 Å². The van der Waals surface area contributed by atoms with Crippen molar-refractivity contribution in [1.29, 1.82) is 0 Å². The molecule has 4 aromatic carbocycles. The van der Waals surface area contributed by atoms with Gasteiger partial charge in [-0.1, -0.05) is 42.5 Å². The lowest BCUT2D eigenvalue weighted by Crippen LogP contribution is -2.98. The molecule has 68 radical (unpaired) electrons. The van der Waals surface area contributed by atoms with Gasteiger partial charge in [-0.05, 0) is 83.1 Å². The number of benzene rings is 4. The van der Waals surface area contributed by atoms with E-state index in [1.165, 1.54) is 27.8 Å². The standard InChI is InChI=1S/C34H31FN2O3.B66/c1-38-25-13-7-21(8-14-25)20-40-32-17-23-15-16-37-30(27(23)19-31(32)39-2)18-28-26-5-3-4-6-29(26)36-33(28)34(37)22-9-11-24(35)12-10-22;1-35(2)52(36(3)4)60(51(33)34)64(59(49(29)30)50(31)32)66(63(57(45(21)22)46(23)24)58(47(25)26)48(27)28)65(61(53(37(5)6)38(7)8)54(39(9)10)40(11)12)62(55(41(13)14)42(15)16)56(43(17)18)44(19)20/h3-14,17,19,30,34,36H,15-16,18,20H2,1-2H3;. The molecule has 0 aliphatic carbocycles. The highest BCUT2D eigenvalue weighted by Crippen LogP contribution is 2.50. The number of hydrogen-bond donors (Lipinski definition) is 1. The lowest BCUT2D eigenvalue weighted by molar-refractivity contribution is 0.127. The van der Waals surface area contributed by atoms with Crippen LogP contribution in [0.3, 0.4) is 0 Å². The number of rotatable bonds is 37. The molecule has 72 heteroatoms. The molecule has 106 heavy (non-hydrogen) atoms. The molecule has 1 aromatic heterocycles. The highest BCUT2D eigenvalue weighted by Gasteiger charge is 2.64. The molecule has 5 aromatic rings. The van der Waals surface area contributed by atoms with Crippen molar-refractivity contribution in [3.05, 3.63) is 124 Å². The number of hydrogen-bond acceptors (Lipinski definition) is 4. The summed E-state index contributed by atoms with van der Waals surface area (Å²) in [6.45, 7) is 1.33. The van der Waals surface area contributed by atoms with Gasteiger partial charge in [-0.15, -0.1) is 0 Å². The first-order valence-electron chi connectivity index (χ1n) is 35.4. The van der Waals surface area contributed by atoms with Crippen LogP contribution in [0.15, 0.2) is 84.9 Å². The first kappa shape index (κ1) is 94.8. The molecule has 2 aliphatic heterocycles. The lowest BCUT2D eigenvalue weighted by Gasteiger charge is -2.60. The van der Waals surface area contributed by atoms with E-state index < -0.39 is 204 Å². The summed E-state index contributed by atoms with van der Waals surface area (Å²) < 4.78 is 31.3. The third kappa shape index (κ3) is 22.6. The van der Waals surface area contributed by atoms with Crippen LogP contribution in [-0.4, -0.2) is 498 Å². The molecule has 2 atom stereocenters. The van der Waals surface area contributed by atoms with E-state index in [2.05, 4.69) is 46.3 Å². The fraction of sp³-hybridized carbons (Fsp3) is 0.235. The second kappa shape index (κ2) is 42.7. The van der Waals surface area contributed by atoms with Gasteiger partial charge in [0.25, 0.3) is 0 Å². The Morgan fingerprint density at radius 2 is 0.726 bits per heavy atom. The molecule has 5 nitrogen and oxygen atoms in total. The first-order chi connectivity index (χ1) is 49.6. The monoisotopic (exact) mass is 1260 g/mol. The van der Waals surface area contributed by atoms with Crippen LogP contribution < -0.4 is 14.2 Å². The largest absolute Gasteiger partial charge is 0.497 e. The predicted molar refractivity (Wildman–Crippen MR) is 533 cm³/mol. The molecule has 2 aliphatic rings. The van der Waals surface area contributed by atoms with Crippen molar-refractivity contribution >= 4 is 478 Å². The molecule has 7 rings (SSSR count). The Morgan fingerprint density at radius 1 is 0.387 bits per heavy atom. The van der Waals surface area contributed by atoms with E-state index in [0.29, 0.717) is 6.61 Å². The van der Waals surface area contributed by atoms with E-state index in [-0.39, 0.29) is 17.9 Å². The number of fused-ring (bicyclic) bond motifs is 6. The summed E-state index contributed by atoms with van der Waals surface area (Å²) in [6.07, 6.45) is -46.5. The Hall–Kier alpha value is -0.00429. The number of nitrogens with one attached hydrogen (secondary N) is 1. The fourth-order valence-electron chi connectivity index (χ4n) is 18.0. The maximum atomic E-state index is 13.9. The summed E-state index contributed by atoms with van der Waals surface area (Å²) in [5.74, 6) is 2.09. The number of H-pyrrole nitrogens is 1. The number of halogens is 1. The topological polar surface area (TPSA) is 46.7 Å². The zero-order chi connectivity index (χ0) is 79.7. The van der Waals surface area contributed by atoms with Crippen molar-refractivity contribution in [3.63, 3.8) is 0 Å². The average Bonchev–Trinajstić information content (AvgIpc) is 1.08. The summed E-state index contributed by atoms with van der Waals surface area (Å²) in [6, 6.07) is 27.9. The summed E-state index contributed by atoms with van der Waals surface area (Å²) in [5, 5.41) is 1.25. The molecular formula is C34H31B66FN2O3. The SMILES string of the molecule is COc1ccc(COc2cc3c(cc2OC)C2Cc4c([nH]c5ccccc45)C(c4ccc(F)cc4)N2CC3)cc1.[B]B([B])B(B([B])[B])B(B([B])[B])B(B(B([B])[B])B([B])[B])B(B(B(B([B])[B])B([B])[B])B(B([B])[B])B([B])[B])B(B(B(B([B])[B])B([B])[B])B(B([B])[B])B([B])[B])B(B(B([B])[B])B([B])[B])B(B([B])[B])B([B])[B]. The van der Waals surface area contributed by atoms with E-state index in [4.69, 9.17) is 277 Å². The first-order valence-corrected chi connectivity index (χ1v) is 35.4. The van der Waals surface area contributed by atoms with Crippen LogP contribution in [0.2, 0.25) is 0 Å². The van der Waals surface area contributed by atoms with Gasteiger partial charge >= 0.3 is 0 Å². The minimum absolute atomic E-state index is 0.00638. The second-order valence-corrected chi connectivity index (χ2v) is 29.0. The van der Waals surface area contributed by atoms with Crippen molar-refractivity contribution in [2.45, 2.75) is 31.5 Å². The molecular weight excluding hydrogens is 1220 g/mol. The van der Waals surface area contributed by atoms with Gasteiger partial charge in [-0.25, -0.2) is 4.39 Å². The van der Waals surface area contributed by atoms with E-state index >= 15 is 0 Å². The van der Waals surface area contributed by atoms with Crippen molar-refractivity contribution in [2.75, 3.05) is 20.8 Å². The summed E-state index contributed by atoms with van der Waals surface area (Å²) >= 11 is 0. The smallest absolute Gasteiger partial charge is 0.161 e. The average molecular weight is 1250 g/mol. The Morgan fingerprint density at radius 3 is 1.08 bits per heavy atom. The molecule has 0 spiro atoms. The Kier molecular flexibility index (Phi) is 38.2. The van der Waals surface area contributed by atoms with Gasteiger partial charge in [0.2, 0.25) is 0 Å². The van der Waals surface area contributed by atoms with Crippen LogP contribution in [0.5, 0.6) is 17.2 Å². The van der Waals surface area contributed by atoms with Gasteiger partial charge in [0.05, 0.1) is 20.3 Å². The van der Waals surface area contributed by atoms with E-state index in [0.717, 1.165) is 53.3 Å². The number of aromatic nitrogens is 1. The highest BCUT2D eigenvalue weighted by atomic mass is 19.1. The summed E-state index contributed by atoms with van der Waals surface area (Å²) in [4.78, 5) is 6.28. The summed E-state index contributed by atoms with van der Waals surface area (Å²) in [7, 11) is 230. The quantitative estimate of drug-likeness (QED) is 0.0403. The Labute approximate surface area is 694 Å². The van der Waals surface area contributed by atoms with Crippen molar-refractivity contribution in [1.82, 2.24) is 9.88 Å².